The lowest BCUT2D eigenvalue weighted by Crippen LogP contribution is -2.10. The van der Waals surface area contributed by atoms with Crippen LogP contribution in [0.25, 0.3) is 0 Å². The summed E-state index contributed by atoms with van der Waals surface area (Å²) in [7, 11) is 1.57. The molecule has 108 valence electrons. The fourth-order valence-corrected chi connectivity index (χ4v) is 3.26. The summed E-state index contributed by atoms with van der Waals surface area (Å²) < 4.78 is 19.5. The fraction of sp³-hybridized carbons (Fsp3) is 0.375. The van der Waals surface area contributed by atoms with E-state index in [1.807, 2.05) is 12.1 Å². The monoisotopic (exact) mass is 302 g/mol. The van der Waals surface area contributed by atoms with Crippen molar-refractivity contribution in [3.63, 3.8) is 0 Å². The summed E-state index contributed by atoms with van der Waals surface area (Å²) in [4.78, 5) is 8.35. The van der Waals surface area contributed by atoms with Crippen molar-refractivity contribution in [2.75, 3.05) is 7.11 Å². The van der Waals surface area contributed by atoms with E-state index in [1.54, 1.807) is 13.3 Å². The molecule has 3 nitrogen and oxygen atoms in total. The Morgan fingerprint density at radius 2 is 2.24 bits per heavy atom. The molecule has 2 aliphatic rings. The third kappa shape index (κ3) is 2.55. The van der Waals surface area contributed by atoms with Crippen molar-refractivity contribution >= 4 is 17.4 Å². The molecule has 1 heterocycles. The van der Waals surface area contributed by atoms with Gasteiger partial charge in [-0.3, -0.25) is 0 Å². The second kappa shape index (κ2) is 5.88. The highest BCUT2D eigenvalue weighted by molar-refractivity contribution is 7.78. The molecule has 0 saturated heterocycles. The van der Waals surface area contributed by atoms with Crippen LogP contribution in [0.4, 0.5) is 4.39 Å². The number of nitrogens with zero attached hydrogens (tertiary/aromatic N) is 2. The molecule has 0 aromatic carbocycles. The van der Waals surface area contributed by atoms with Gasteiger partial charge in [0.15, 0.2) is 0 Å². The predicted molar refractivity (Wildman–Crippen MR) is 82.2 cm³/mol. The Balaban J connectivity index is 2.10. The Kier molecular flexibility index (Phi) is 3.95. The number of thiocarbonyl (C=S) groups is 1. The van der Waals surface area contributed by atoms with Gasteiger partial charge in [0, 0.05) is 24.6 Å². The summed E-state index contributed by atoms with van der Waals surface area (Å²) in [6.07, 6.45) is 4.62. The van der Waals surface area contributed by atoms with Crippen LogP contribution in [0.15, 0.2) is 46.0 Å². The average Bonchev–Trinajstić information content (AvgIpc) is 3.00. The Hall–Kier alpha value is -1.84. The van der Waals surface area contributed by atoms with Gasteiger partial charge in [0.1, 0.15) is 5.83 Å². The summed E-state index contributed by atoms with van der Waals surface area (Å²) in [5, 5.41) is 2.45. The normalized spacial score (nSPS) is 21.1. The van der Waals surface area contributed by atoms with Crippen LogP contribution in [0.5, 0.6) is 5.88 Å². The first-order chi connectivity index (χ1) is 10.2. The summed E-state index contributed by atoms with van der Waals surface area (Å²) in [6.45, 7) is 0. The number of fused-ring (bicyclic) bond motifs is 1. The number of hydrogen-bond acceptors (Lipinski definition) is 4. The number of ether oxygens (including phenoxy) is 1. The molecule has 1 fully saturated rings. The molecule has 1 aromatic heterocycles. The van der Waals surface area contributed by atoms with Crippen molar-refractivity contribution in [1.29, 1.82) is 0 Å². The van der Waals surface area contributed by atoms with Gasteiger partial charge in [-0.1, -0.05) is 0 Å². The highest BCUT2D eigenvalue weighted by Crippen LogP contribution is 2.47. The number of aliphatic imine (C=N–C) groups is 1. The van der Waals surface area contributed by atoms with Crippen molar-refractivity contribution in [2.45, 2.75) is 31.6 Å². The molecule has 1 aromatic rings. The zero-order valence-corrected chi connectivity index (χ0v) is 12.5. The first-order valence-electron chi connectivity index (χ1n) is 6.93. The number of aromatic nitrogens is 1. The SMILES string of the molecule is COc1cc(C2CC(F)=C3CCCC3=C2N=C=S)ccn1. The van der Waals surface area contributed by atoms with Crippen LogP contribution in [0, 0.1) is 0 Å². The topological polar surface area (TPSA) is 34.5 Å². The molecule has 0 amide bonds. The second-order valence-corrected chi connectivity index (χ2v) is 5.37. The molecule has 0 bridgehead atoms. The highest BCUT2D eigenvalue weighted by Gasteiger charge is 2.33. The minimum atomic E-state index is -0.144. The van der Waals surface area contributed by atoms with Crippen LogP contribution in [-0.4, -0.2) is 17.3 Å². The molecule has 5 heteroatoms. The Bertz CT molecular complexity index is 689. The van der Waals surface area contributed by atoms with E-state index >= 15 is 0 Å². The molecular weight excluding hydrogens is 287 g/mol. The molecule has 3 rings (SSSR count). The van der Waals surface area contributed by atoms with E-state index in [9.17, 15) is 4.39 Å². The summed E-state index contributed by atoms with van der Waals surface area (Å²) in [5.41, 5.74) is 3.64. The first kappa shape index (κ1) is 14.1. The van der Waals surface area contributed by atoms with E-state index in [4.69, 9.17) is 17.0 Å². The maximum atomic E-state index is 14.4. The van der Waals surface area contributed by atoms with Gasteiger partial charge in [-0.05, 0) is 54.3 Å². The Morgan fingerprint density at radius 1 is 1.43 bits per heavy atom. The van der Waals surface area contributed by atoms with E-state index in [2.05, 4.69) is 15.1 Å². The highest BCUT2D eigenvalue weighted by atomic mass is 32.1. The van der Waals surface area contributed by atoms with Crippen molar-refractivity contribution in [2.24, 2.45) is 4.99 Å². The van der Waals surface area contributed by atoms with E-state index in [0.717, 1.165) is 41.7 Å². The van der Waals surface area contributed by atoms with E-state index < -0.39 is 0 Å². The van der Waals surface area contributed by atoms with Crippen LogP contribution in [-0.2, 0) is 0 Å². The van der Waals surface area contributed by atoms with Crippen molar-refractivity contribution in [1.82, 2.24) is 4.98 Å². The third-order valence-corrected chi connectivity index (χ3v) is 4.20. The minimum Gasteiger partial charge on any atom is -0.481 e. The van der Waals surface area contributed by atoms with Crippen LogP contribution in [0.1, 0.15) is 37.2 Å². The minimum absolute atomic E-state index is 0.0217. The van der Waals surface area contributed by atoms with E-state index in [-0.39, 0.29) is 11.7 Å². The van der Waals surface area contributed by atoms with Crippen molar-refractivity contribution in [3.8, 4) is 5.88 Å². The first-order valence-corrected chi connectivity index (χ1v) is 7.34. The number of pyridine rings is 1. The second-order valence-electron chi connectivity index (χ2n) is 5.19. The zero-order chi connectivity index (χ0) is 14.8. The fourth-order valence-electron chi connectivity index (χ4n) is 3.16. The molecule has 0 spiro atoms. The molecule has 1 atom stereocenters. The van der Waals surface area contributed by atoms with Crippen LogP contribution in [0.3, 0.4) is 0 Å². The van der Waals surface area contributed by atoms with Crippen LogP contribution >= 0.6 is 12.2 Å². The smallest absolute Gasteiger partial charge is 0.213 e. The maximum Gasteiger partial charge on any atom is 0.213 e. The molecular formula is C16H15FN2OS. The van der Waals surface area contributed by atoms with Gasteiger partial charge < -0.3 is 4.74 Å². The number of methoxy groups -OCH3 is 1. The zero-order valence-electron chi connectivity index (χ0n) is 11.7. The van der Waals surface area contributed by atoms with E-state index in [1.165, 1.54) is 0 Å². The lowest BCUT2D eigenvalue weighted by atomic mass is 9.83. The molecule has 21 heavy (non-hydrogen) atoms. The standard InChI is InChI=1S/C16H15FN2OS/c1-20-15-7-10(5-6-18-15)13-8-14(17)11-3-2-4-12(11)16(13)19-9-21/h5-7,13H,2-4,8H2,1H3. The third-order valence-electron chi connectivity index (χ3n) is 4.10. The van der Waals surface area contributed by atoms with Gasteiger partial charge in [0.05, 0.1) is 18.0 Å². The number of hydrogen-bond donors (Lipinski definition) is 0. The number of allylic oxidation sites excluding steroid dienone is 4. The molecule has 0 N–H and O–H groups in total. The van der Waals surface area contributed by atoms with Gasteiger partial charge in [0.2, 0.25) is 5.88 Å². The predicted octanol–water partition coefficient (Wildman–Crippen LogP) is 4.34. The van der Waals surface area contributed by atoms with Gasteiger partial charge in [-0.25, -0.2) is 9.37 Å². The Labute approximate surface area is 128 Å². The largest absolute Gasteiger partial charge is 0.481 e. The quantitative estimate of drug-likeness (QED) is 0.615. The lowest BCUT2D eigenvalue weighted by Gasteiger charge is -2.24. The number of halogens is 1. The van der Waals surface area contributed by atoms with Crippen LogP contribution < -0.4 is 4.74 Å². The molecule has 0 aliphatic heterocycles. The van der Waals surface area contributed by atoms with Gasteiger partial charge in [-0.2, -0.15) is 4.99 Å². The van der Waals surface area contributed by atoms with Gasteiger partial charge >= 0.3 is 0 Å². The summed E-state index contributed by atoms with van der Waals surface area (Å²) in [6, 6.07) is 3.71. The van der Waals surface area contributed by atoms with Crippen molar-refractivity contribution in [3.05, 3.63) is 46.6 Å². The summed E-state index contributed by atoms with van der Waals surface area (Å²) >= 11 is 4.78. The molecule has 2 aliphatic carbocycles. The van der Waals surface area contributed by atoms with Crippen molar-refractivity contribution < 1.29 is 9.13 Å². The van der Waals surface area contributed by atoms with Crippen LogP contribution in [0.2, 0.25) is 0 Å². The lowest BCUT2D eigenvalue weighted by molar-refractivity contribution is 0.396. The molecule has 1 saturated carbocycles. The van der Waals surface area contributed by atoms with Gasteiger partial charge in [-0.15, -0.1) is 0 Å². The van der Waals surface area contributed by atoms with Gasteiger partial charge in [0.25, 0.3) is 0 Å². The number of rotatable bonds is 3. The number of isothiocyanates is 1. The average molecular weight is 302 g/mol. The molecule has 1 unspecified atom stereocenters. The van der Waals surface area contributed by atoms with E-state index in [0.29, 0.717) is 12.3 Å². The maximum absolute atomic E-state index is 14.4. The Morgan fingerprint density at radius 3 is 3.00 bits per heavy atom. The summed E-state index contributed by atoms with van der Waals surface area (Å²) in [5.74, 6) is 0.352. The molecule has 0 radical (unpaired) electrons.